The molecule has 1 atom stereocenters. The first kappa shape index (κ1) is 9.06. The number of aliphatic hydroxyl groups excluding tert-OH is 1. The third-order valence-electron chi connectivity index (χ3n) is 1.45. The minimum Gasteiger partial charge on any atom is -0.393 e. The molecule has 66 valence electrons. The van der Waals surface area contributed by atoms with Gasteiger partial charge >= 0.3 is 0 Å². The predicted octanol–water partition coefficient (Wildman–Crippen LogP) is 1.28. The molecule has 0 saturated heterocycles. The molecule has 1 aromatic heterocycles. The maximum Gasteiger partial charge on any atom is 0.147 e. The number of aromatic nitrogens is 1. The van der Waals surface area contributed by atoms with E-state index in [1.807, 2.05) is 0 Å². The topological polar surface area (TPSA) is 33.1 Å². The number of hydrogen-bond acceptors (Lipinski definition) is 2. The second-order valence-electron chi connectivity index (χ2n) is 2.63. The minimum atomic E-state index is -0.753. The number of hydrogen-bond donors (Lipinski definition) is 1. The minimum absolute atomic E-state index is 0.0276. The normalized spacial score (nSPS) is 13.0. The van der Waals surface area contributed by atoms with Crippen LogP contribution in [0.1, 0.15) is 12.5 Å². The summed E-state index contributed by atoms with van der Waals surface area (Å²) in [4.78, 5) is 3.32. The van der Waals surface area contributed by atoms with Crippen molar-refractivity contribution >= 4 is 0 Å². The van der Waals surface area contributed by atoms with Crippen LogP contribution in [0.25, 0.3) is 0 Å². The van der Waals surface area contributed by atoms with Gasteiger partial charge in [0.2, 0.25) is 0 Å². The Morgan fingerprint density at radius 3 is 2.33 bits per heavy atom. The quantitative estimate of drug-likeness (QED) is 0.730. The Labute approximate surface area is 68.9 Å². The monoisotopic (exact) mass is 173 g/mol. The van der Waals surface area contributed by atoms with Crippen LogP contribution < -0.4 is 0 Å². The molecule has 0 amide bonds. The molecule has 0 unspecified atom stereocenters. The van der Waals surface area contributed by atoms with Crippen LogP contribution in [0, 0.1) is 11.6 Å². The van der Waals surface area contributed by atoms with Crippen LogP contribution in [0.3, 0.4) is 0 Å². The zero-order valence-electron chi connectivity index (χ0n) is 6.59. The molecular formula is C8H9F2NO. The molecule has 1 N–H and O–H groups in total. The largest absolute Gasteiger partial charge is 0.393 e. The molecule has 0 bridgehead atoms. The summed E-state index contributed by atoms with van der Waals surface area (Å²) in [5.41, 5.74) is -0.111. The average Bonchev–Trinajstić information content (AvgIpc) is 1.97. The Kier molecular flexibility index (Phi) is 2.70. The van der Waals surface area contributed by atoms with Gasteiger partial charge in [0.15, 0.2) is 0 Å². The zero-order valence-corrected chi connectivity index (χ0v) is 6.59. The van der Waals surface area contributed by atoms with Gasteiger partial charge in [0.25, 0.3) is 0 Å². The van der Waals surface area contributed by atoms with Crippen molar-refractivity contribution in [3.8, 4) is 0 Å². The van der Waals surface area contributed by atoms with Crippen molar-refractivity contribution in [2.45, 2.75) is 19.4 Å². The molecule has 0 spiro atoms. The van der Waals surface area contributed by atoms with Crippen LogP contribution in [0.4, 0.5) is 8.78 Å². The fourth-order valence-corrected chi connectivity index (χ4v) is 0.928. The Balaban J connectivity index is 2.96. The van der Waals surface area contributed by atoms with Gasteiger partial charge in [0.05, 0.1) is 18.5 Å². The van der Waals surface area contributed by atoms with Gasteiger partial charge in [-0.25, -0.2) is 8.78 Å². The van der Waals surface area contributed by atoms with E-state index in [-0.39, 0.29) is 12.0 Å². The highest BCUT2D eigenvalue weighted by Crippen LogP contribution is 2.12. The summed E-state index contributed by atoms with van der Waals surface area (Å²) in [5, 5.41) is 8.90. The number of nitrogens with zero attached hydrogens (tertiary/aromatic N) is 1. The molecule has 4 heteroatoms. The Morgan fingerprint density at radius 2 is 1.92 bits per heavy atom. The first-order chi connectivity index (χ1) is 5.61. The van der Waals surface area contributed by atoms with E-state index in [0.29, 0.717) is 0 Å². The van der Waals surface area contributed by atoms with E-state index >= 15 is 0 Å². The lowest BCUT2D eigenvalue weighted by molar-refractivity contribution is 0.192. The molecule has 0 saturated carbocycles. The van der Waals surface area contributed by atoms with E-state index in [4.69, 9.17) is 5.11 Å². The summed E-state index contributed by atoms with van der Waals surface area (Å²) in [6.07, 6.45) is 1.08. The molecule has 0 fully saturated rings. The second kappa shape index (κ2) is 3.58. The van der Waals surface area contributed by atoms with Gasteiger partial charge < -0.3 is 5.11 Å². The van der Waals surface area contributed by atoms with Crippen LogP contribution >= 0.6 is 0 Å². The summed E-state index contributed by atoms with van der Waals surface area (Å²) < 4.78 is 25.6. The van der Waals surface area contributed by atoms with Crippen molar-refractivity contribution in [2.75, 3.05) is 0 Å². The van der Waals surface area contributed by atoms with E-state index in [2.05, 4.69) is 4.98 Å². The maximum absolute atomic E-state index is 12.8. The summed E-state index contributed by atoms with van der Waals surface area (Å²) in [6, 6.07) is 0. The van der Waals surface area contributed by atoms with E-state index in [1.165, 1.54) is 6.92 Å². The lowest BCUT2D eigenvalue weighted by atomic mass is 10.1. The van der Waals surface area contributed by atoms with Gasteiger partial charge in [-0.3, -0.25) is 4.98 Å². The van der Waals surface area contributed by atoms with Gasteiger partial charge in [-0.05, 0) is 6.92 Å². The highest BCUT2D eigenvalue weighted by Gasteiger charge is 2.10. The highest BCUT2D eigenvalue weighted by atomic mass is 19.1. The van der Waals surface area contributed by atoms with Crippen molar-refractivity contribution in [1.82, 2.24) is 4.98 Å². The first-order valence-electron chi connectivity index (χ1n) is 3.57. The fourth-order valence-electron chi connectivity index (χ4n) is 0.928. The highest BCUT2D eigenvalue weighted by molar-refractivity contribution is 5.15. The van der Waals surface area contributed by atoms with Crippen LogP contribution in [0.15, 0.2) is 12.4 Å². The molecule has 0 aliphatic rings. The summed E-state index contributed by atoms with van der Waals surface area (Å²) >= 11 is 0. The van der Waals surface area contributed by atoms with Gasteiger partial charge in [-0.15, -0.1) is 0 Å². The predicted molar refractivity (Wildman–Crippen MR) is 39.5 cm³/mol. The molecule has 1 heterocycles. The van der Waals surface area contributed by atoms with Gasteiger partial charge in [-0.1, -0.05) is 0 Å². The molecule has 0 aromatic carbocycles. The fraction of sp³-hybridized carbons (Fsp3) is 0.375. The number of pyridine rings is 1. The van der Waals surface area contributed by atoms with Crippen molar-refractivity contribution in [1.29, 1.82) is 0 Å². The molecule has 12 heavy (non-hydrogen) atoms. The first-order valence-corrected chi connectivity index (χ1v) is 3.57. The van der Waals surface area contributed by atoms with Crippen molar-refractivity contribution in [2.24, 2.45) is 0 Å². The Hall–Kier alpha value is -1.03. The number of halogens is 2. The van der Waals surface area contributed by atoms with E-state index < -0.39 is 17.7 Å². The summed E-state index contributed by atoms with van der Waals surface area (Å²) in [6.45, 7) is 1.47. The standard InChI is InChI=1S/C8H9F2NO/c1-5(12)2-6-7(9)3-11-4-8(6)10/h3-5,12H,2H2,1H3/t5-/m1/s1. The molecule has 0 aliphatic carbocycles. The van der Waals surface area contributed by atoms with Crippen molar-refractivity contribution < 1.29 is 13.9 Å². The molecule has 1 aromatic rings. The Bertz CT molecular complexity index is 256. The molecule has 2 nitrogen and oxygen atoms in total. The Morgan fingerprint density at radius 1 is 1.42 bits per heavy atom. The van der Waals surface area contributed by atoms with Crippen LogP contribution in [-0.4, -0.2) is 16.2 Å². The number of aliphatic hydroxyl groups is 1. The lowest BCUT2D eigenvalue weighted by Gasteiger charge is -2.05. The SMILES string of the molecule is C[C@@H](O)Cc1c(F)cncc1F. The van der Waals surface area contributed by atoms with Gasteiger partial charge in [0, 0.05) is 12.0 Å². The van der Waals surface area contributed by atoms with Crippen LogP contribution in [-0.2, 0) is 6.42 Å². The maximum atomic E-state index is 12.8. The summed E-state index contributed by atoms with van der Waals surface area (Å²) in [7, 11) is 0. The van der Waals surface area contributed by atoms with Gasteiger partial charge in [0.1, 0.15) is 11.6 Å². The van der Waals surface area contributed by atoms with E-state index in [0.717, 1.165) is 12.4 Å². The van der Waals surface area contributed by atoms with E-state index in [9.17, 15) is 8.78 Å². The van der Waals surface area contributed by atoms with E-state index in [1.54, 1.807) is 0 Å². The van der Waals surface area contributed by atoms with Crippen molar-refractivity contribution in [3.05, 3.63) is 29.6 Å². The second-order valence-corrected chi connectivity index (χ2v) is 2.63. The smallest absolute Gasteiger partial charge is 0.147 e. The van der Waals surface area contributed by atoms with Crippen LogP contribution in [0.2, 0.25) is 0 Å². The molecule has 0 radical (unpaired) electrons. The van der Waals surface area contributed by atoms with Crippen molar-refractivity contribution in [3.63, 3.8) is 0 Å². The van der Waals surface area contributed by atoms with Gasteiger partial charge in [-0.2, -0.15) is 0 Å². The molecule has 1 rings (SSSR count). The molecular weight excluding hydrogens is 164 g/mol. The third kappa shape index (κ3) is 1.98. The number of rotatable bonds is 2. The summed E-state index contributed by atoms with van der Waals surface area (Å²) in [5.74, 6) is -1.42. The zero-order chi connectivity index (χ0) is 9.14. The van der Waals surface area contributed by atoms with Crippen LogP contribution in [0.5, 0.6) is 0 Å². The lowest BCUT2D eigenvalue weighted by Crippen LogP contribution is -2.08. The molecule has 0 aliphatic heterocycles. The average molecular weight is 173 g/mol. The third-order valence-corrected chi connectivity index (χ3v) is 1.45.